The number of benzene rings is 2. The monoisotopic (exact) mass is 256 g/mol. The molecule has 0 aliphatic carbocycles. The van der Waals surface area contributed by atoms with Crippen LogP contribution in [-0.4, -0.2) is 12.2 Å². The van der Waals surface area contributed by atoms with Crippen LogP contribution in [0.3, 0.4) is 0 Å². The zero-order valence-electron chi connectivity index (χ0n) is 10.1. The molecule has 5 heteroatoms. The highest BCUT2D eigenvalue weighted by Crippen LogP contribution is 2.22. The van der Waals surface area contributed by atoms with Crippen molar-refractivity contribution in [3.8, 4) is 11.1 Å². The molecule has 0 fully saturated rings. The maximum Gasteiger partial charge on any atom is 0.211 e. The van der Waals surface area contributed by atoms with Gasteiger partial charge in [-0.1, -0.05) is 42.5 Å². The standard InChI is InChI=1S/C14H13FN4/c15-13-8-10(9-18-19-14(16)17)6-7-12(13)11-4-2-1-3-5-11/h1-9H,(H4,16,17,19). The van der Waals surface area contributed by atoms with Crippen LogP contribution in [0.4, 0.5) is 4.39 Å². The maximum atomic E-state index is 14.0. The van der Waals surface area contributed by atoms with Crippen molar-refractivity contribution in [1.29, 1.82) is 0 Å². The molecule has 4 N–H and O–H groups in total. The lowest BCUT2D eigenvalue weighted by Gasteiger charge is -2.03. The molecule has 0 saturated heterocycles. The lowest BCUT2D eigenvalue weighted by atomic mass is 10.0. The van der Waals surface area contributed by atoms with E-state index in [1.165, 1.54) is 12.3 Å². The Balaban J connectivity index is 2.28. The topological polar surface area (TPSA) is 76.8 Å². The van der Waals surface area contributed by atoms with E-state index in [1.807, 2.05) is 30.3 Å². The molecule has 0 heterocycles. The fourth-order valence-electron chi connectivity index (χ4n) is 1.63. The van der Waals surface area contributed by atoms with Gasteiger partial charge in [0.2, 0.25) is 5.96 Å². The van der Waals surface area contributed by atoms with Crippen molar-refractivity contribution < 1.29 is 4.39 Å². The Morgan fingerprint density at radius 2 is 1.79 bits per heavy atom. The molecule has 0 unspecified atom stereocenters. The van der Waals surface area contributed by atoms with Gasteiger partial charge in [-0.25, -0.2) is 4.39 Å². The van der Waals surface area contributed by atoms with Gasteiger partial charge < -0.3 is 11.5 Å². The van der Waals surface area contributed by atoms with Gasteiger partial charge in [-0.2, -0.15) is 5.10 Å². The number of halogens is 1. The normalized spacial score (nSPS) is 10.6. The molecule has 19 heavy (non-hydrogen) atoms. The van der Waals surface area contributed by atoms with Crippen LogP contribution in [0.25, 0.3) is 11.1 Å². The van der Waals surface area contributed by atoms with Crippen LogP contribution in [0, 0.1) is 5.82 Å². The maximum absolute atomic E-state index is 14.0. The van der Waals surface area contributed by atoms with Crippen LogP contribution in [0.1, 0.15) is 5.56 Å². The minimum atomic E-state index is -0.320. The molecule has 2 aromatic rings. The summed E-state index contributed by atoms with van der Waals surface area (Å²) in [5, 5.41) is 7.08. The number of nitrogens with two attached hydrogens (primary N) is 2. The average molecular weight is 256 g/mol. The molecule has 0 spiro atoms. The van der Waals surface area contributed by atoms with Crippen molar-refractivity contribution in [2.24, 2.45) is 21.7 Å². The van der Waals surface area contributed by atoms with E-state index in [0.717, 1.165) is 5.56 Å². The first-order valence-electron chi connectivity index (χ1n) is 5.64. The Hall–Kier alpha value is -2.69. The van der Waals surface area contributed by atoms with Crippen molar-refractivity contribution in [2.45, 2.75) is 0 Å². The van der Waals surface area contributed by atoms with Crippen molar-refractivity contribution in [2.75, 3.05) is 0 Å². The van der Waals surface area contributed by atoms with Crippen LogP contribution in [0.5, 0.6) is 0 Å². The molecular formula is C14H13FN4. The molecule has 2 rings (SSSR count). The lowest BCUT2D eigenvalue weighted by molar-refractivity contribution is 0.631. The minimum Gasteiger partial charge on any atom is -0.369 e. The fraction of sp³-hybridized carbons (Fsp3) is 0. The van der Waals surface area contributed by atoms with E-state index in [0.29, 0.717) is 11.1 Å². The fourth-order valence-corrected chi connectivity index (χ4v) is 1.63. The summed E-state index contributed by atoms with van der Waals surface area (Å²) >= 11 is 0. The Morgan fingerprint density at radius 3 is 2.42 bits per heavy atom. The van der Waals surface area contributed by atoms with Crippen molar-refractivity contribution in [3.63, 3.8) is 0 Å². The molecule has 0 radical (unpaired) electrons. The summed E-state index contributed by atoms with van der Waals surface area (Å²) in [5.41, 5.74) is 12.2. The average Bonchev–Trinajstić information content (AvgIpc) is 2.39. The predicted octanol–water partition coefficient (Wildman–Crippen LogP) is 2.10. The Kier molecular flexibility index (Phi) is 3.87. The smallest absolute Gasteiger partial charge is 0.211 e. The first kappa shape index (κ1) is 12.8. The summed E-state index contributed by atoms with van der Waals surface area (Å²) < 4.78 is 14.0. The van der Waals surface area contributed by atoms with E-state index in [9.17, 15) is 4.39 Å². The first-order chi connectivity index (χ1) is 9.16. The van der Waals surface area contributed by atoms with Crippen LogP contribution >= 0.6 is 0 Å². The van der Waals surface area contributed by atoms with Crippen molar-refractivity contribution in [3.05, 3.63) is 59.9 Å². The van der Waals surface area contributed by atoms with Gasteiger partial charge >= 0.3 is 0 Å². The third-order valence-electron chi connectivity index (χ3n) is 2.46. The van der Waals surface area contributed by atoms with Gasteiger partial charge in [0.25, 0.3) is 0 Å². The van der Waals surface area contributed by atoms with Gasteiger partial charge in [0.05, 0.1) is 6.21 Å². The van der Waals surface area contributed by atoms with E-state index in [1.54, 1.807) is 12.1 Å². The van der Waals surface area contributed by atoms with Crippen LogP contribution < -0.4 is 11.5 Å². The second-order valence-electron chi connectivity index (χ2n) is 3.87. The zero-order valence-corrected chi connectivity index (χ0v) is 10.1. The highest BCUT2D eigenvalue weighted by atomic mass is 19.1. The van der Waals surface area contributed by atoms with Gasteiger partial charge in [0, 0.05) is 5.56 Å². The lowest BCUT2D eigenvalue weighted by Crippen LogP contribution is -2.21. The second-order valence-corrected chi connectivity index (χ2v) is 3.87. The highest BCUT2D eigenvalue weighted by molar-refractivity contribution is 5.82. The van der Waals surface area contributed by atoms with E-state index < -0.39 is 0 Å². The quantitative estimate of drug-likeness (QED) is 0.501. The third-order valence-corrected chi connectivity index (χ3v) is 2.46. The van der Waals surface area contributed by atoms with Crippen LogP contribution in [0.15, 0.2) is 58.7 Å². The van der Waals surface area contributed by atoms with E-state index in [4.69, 9.17) is 11.5 Å². The highest BCUT2D eigenvalue weighted by Gasteiger charge is 2.04. The van der Waals surface area contributed by atoms with Gasteiger partial charge in [0.1, 0.15) is 5.82 Å². The number of guanidine groups is 1. The Labute approximate surface area is 110 Å². The largest absolute Gasteiger partial charge is 0.369 e. The molecule has 0 amide bonds. The number of nitrogens with zero attached hydrogens (tertiary/aromatic N) is 2. The molecule has 0 aliphatic rings. The molecule has 4 nitrogen and oxygen atoms in total. The SMILES string of the molecule is NC(N)=NN=Cc1ccc(-c2ccccc2)c(F)c1. The van der Waals surface area contributed by atoms with Crippen LogP contribution in [0.2, 0.25) is 0 Å². The van der Waals surface area contributed by atoms with Crippen molar-refractivity contribution >= 4 is 12.2 Å². The van der Waals surface area contributed by atoms with E-state index in [-0.39, 0.29) is 11.8 Å². The minimum absolute atomic E-state index is 0.141. The van der Waals surface area contributed by atoms with Gasteiger partial charge in [0.15, 0.2) is 0 Å². The molecule has 0 bridgehead atoms. The van der Waals surface area contributed by atoms with E-state index in [2.05, 4.69) is 10.2 Å². The van der Waals surface area contributed by atoms with Gasteiger partial charge in [-0.15, -0.1) is 5.10 Å². The Morgan fingerprint density at radius 1 is 1.05 bits per heavy atom. The summed E-state index contributed by atoms with van der Waals surface area (Å²) in [6.45, 7) is 0. The van der Waals surface area contributed by atoms with Gasteiger partial charge in [-0.3, -0.25) is 0 Å². The summed E-state index contributed by atoms with van der Waals surface area (Å²) in [6, 6.07) is 14.1. The molecule has 0 atom stereocenters. The number of hydrogen-bond acceptors (Lipinski definition) is 2. The van der Waals surface area contributed by atoms with E-state index >= 15 is 0 Å². The summed E-state index contributed by atoms with van der Waals surface area (Å²) in [5.74, 6) is -0.461. The zero-order chi connectivity index (χ0) is 13.7. The number of rotatable bonds is 3. The molecule has 96 valence electrons. The number of hydrogen-bond donors (Lipinski definition) is 2. The molecule has 2 aromatic carbocycles. The molecular weight excluding hydrogens is 243 g/mol. The molecule has 0 saturated carbocycles. The summed E-state index contributed by atoms with van der Waals surface area (Å²) in [6.07, 6.45) is 1.39. The predicted molar refractivity (Wildman–Crippen MR) is 75.2 cm³/mol. The first-order valence-corrected chi connectivity index (χ1v) is 5.64. The Bertz CT molecular complexity index is 617. The third kappa shape index (κ3) is 3.38. The molecule has 0 aliphatic heterocycles. The van der Waals surface area contributed by atoms with Crippen molar-refractivity contribution in [1.82, 2.24) is 0 Å². The summed E-state index contributed by atoms with van der Waals surface area (Å²) in [7, 11) is 0. The molecule has 0 aromatic heterocycles. The van der Waals surface area contributed by atoms with Crippen LogP contribution in [-0.2, 0) is 0 Å². The second kappa shape index (κ2) is 5.77. The summed E-state index contributed by atoms with van der Waals surface area (Å²) in [4.78, 5) is 0. The van der Waals surface area contributed by atoms with Gasteiger partial charge in [-0.05, 0) is 17.2 Å².